The molecule has 2 unspecified atom stereocenters. The van der Waals surface area contributed by atoms with Crippen LogP contribution in [0.4, 0.5) is 0 Å². The van der Waals surface area contributed by atoms with E-state index in [1.54, 1.807) is 12.3 Å². The summed E-state index contributed by atoms with van der Waals surface area (Å²) in [6, 6.07) is 1.78. The molecule has 1 aliphatic rings. The molecule has 80 valence electrons. The van der Waals surface area contributed by atoms with Crippen molar-refractivity contribution in [2.45, 2.75) is 12.3 Å². The molecule has 2 heterocycles. The van der Waals surface area contributed by atoms with Crippen LogP contribution in [0.15, 0.2) is 18.6 Å². The average molecular weight is 207 g/mol. The lowest BCUT2D eigenvalue weighted by atomic mass is 9.77. The Kier molecular flexibility index (Phi) is 2.40. The summed E-state index contributed by atoms with van der Waals surface area (Å²) >= 11 is 0. The van der Waals surface area contributed by atoms with E-state index < -0.39 is 17.3 Å². The Morgan fingerprint density at radius 3 is 3.13 bits per heavy atom. The molecular formula is C10H13N3O2. The van der Waals surface area contributed by atoms with Gasteiger partial charge < -0.3 is 10.4 Å². The van der Waals surface area contributed by atoms with Gasteiger partial charge in [0.1, 0.15) is 6.33 Å². The highest BCUT2D eigenvalue weighted by Gasteiger charge is 2.45. The number of aromatic nitrogens is 2. The second-order valence-corrected chi connectivity index (χ2v) is 4.03. The predicted molar refractivity (Wildman–Crippen MR) is 53.4 cm³/mol. The van der Waals surface area contributed by atoms with E-state index in [0.29, 0.717) is 13.1 Å². The fraction of sp³-hybridized carbons (Fsp3) is 0.500. The van der Waals surface area contributed by atoms with Crippen molar-refractivity contribution in [2.24, 2.45) is 5.92 Å². The molecule has 0 spiro atoms. The molecule has 0 aliphatic carbocycles. The van der Waals surface area contributed by atoms with E-state index in [1.807, 2.05) is 6.92 Å². The van der Waals surface area contributed by atoms with Gasteiger partial charge in [-0.3, -0.25) is 4.79 Å². The number of nitrogens with zero attached hydrogens (tertiary/aromatic N) is 2. The van der Waals surface area contributed by atoms with Gasteiger partial charge in [-0.15, -0.1) is 0 Å². The molecule has 15 heavy (non-hydrogen) atoms. The predicted octanol–water partition coefficient (Wildman–Crippen LogP) is 0.0383. The van der Waals surface area contributed by atoms with Crippen molar-refractivity contribution in [3.05, 3.63) is 24.3 Å². The lowest BCUT2D eigenvalue weighted by Gasteiger charge is -2.26. The van der Waals surface area contributed by atoms with Crippen LogP contribution in [0.3, 0.4) is 0 Å². The highest BCUT2D eigenvalue weighted by Crippen LogP contribution is 2.33. The Morgan fingerprint density at radius 1 is 1.73 bits per heavy atom. The molecule has 0 bridgehead atoms. The number of nitrogens with one attached hydrogen (secondary N) is 1. The summed E-state index contributed by atoms with van der Waals surface area (Å²) in [6.07, 6.45) is 3.10. The van der Waals surface area contributed by atoms with Crippen LogP contribution in [0.2, 0.25) is 0 Å². The first kappa shape index (κ1) is 10.0. The first-order valence-corrected chi connectivity index (χ1v) is 4.84. The summed E-state index contributed by atoms with van der Waals surface area (Å²) in [5.74, 6) is -1.20. The molecule has 1 aromatic heterocycles. The van der Waals surface area contributed by atoms with E-state index in [9.17, 15) is 4.79 Å². The Bertz CT molecular complexity index is 368. The molecule has 0 saturated carbocycles. The molecule has 5 nitrogen and oxygen atoms in total. The minimum Gasteiger partial charge on any atom is -0.481 e. The SMILES string of the molecule is CC1(c2ccncn2)CNCC1C(=O)O. The molecule has 2 atom stereocenters. The molecule has 0 aromatic carbocycles. The fourth-order valence-electron chi connectivity index (χ4n) is 2.08. The number of carboxylic acid groups (broad SMARTS) is 1. The Morgan fingerprint density at radius 2 is 2.53 bits per heavy atom. The zero-order valence-corrected chi connectivity index (χ0v) is 8.47. The number of rotatable bonds is 2. The monoisotopic (exact) mass is 207 g/mol. The third-order valence-electron chi connectivity index (χ3n) is 3.07. The molecule has 1 fully saturated rings. The minimum atomic E-state index is -0.777. The van der Waals surface area contributed by atoms with Crippen LogP contribution in [0.1, 0.15) is 12.6 Å². The average Bonchev–Trinajstić information content (AvgIpc) is 2.63. The zero-order chi connectivity index (χ0) is 10.9. The van der Waals surface area contributed by atoms with E-state index in [1.165, 1.54) is 6.33 Å². The number of aliphatic carboxylic acids is 1. The van der Waals surface area contributed by atoms with E-state index in [-0.39, 0.29) is 0 Å². The van der Waals surface area contributed by atoms with Crippen molar-refractivity contribution in [3.63, 3.8) is 0 Å². The summed E-state index contributed by atoms with van der Waals surface area (Å²) in [4.78, 5) is 19.1. The highest BCUT2D eigenvalue weighted by molar-refractivity contribution is 5.73. The second kappa shape index (κ2) is 3.58. The maximum atomic E-state index is 11.1. The van der Waals surface area contributed by atoms with Gasteiger partial charge in [0.2, 0.25) is 0 Å². The van der Waals surface area contributed by atoms with E-state index in [0.717, 1.165) is 5.69 Å². The van der Waals surface area contributed by atoms with Gasteiger partial charge in [-0.05, 0) is 6.07 Å². The fourth-order valence-corrected chi connectivity index (χ4v) is 2.08. The maximum absolute atomic E-state index is 11.1. The molecule has 2 N–H and O–H groups in total. The van der Waals surface area contributed by atoms with Crippen LogP contribution in [0.25, 0.3) is 0 Å². The van der Waals surface area contributed by atoms with Crippen molar-refractivity contribution >= 4 is 5.97 Å². The second-order valence-electron chi connectivity index (χ2n) is 4.03. The van der Waals surface area contributed by atoms with E-state index in [2.05, 4.69) is 15.3 Å². The third-order valence-corrected chi connectivity index (χ3v) is 3.07. The summed E-state index contributed by atoms with van der Waals surface area (Å²) < 4.78 is 0. The van der Waals surface area contributed by atoms with Crippen LogP contribution in [-0.4, -0.2) is 34.1 Å². The lowest BCUT2D eigenvalue weighted by molar-refractivity contribution is -0.142. The largest absolute Gasteiger partial charge is 0.481 e. The van der Waals surface area contributed by atoms with Gasteiger partial charge in [0.15, 0.2) is 0 Å². The number of carboxylic acids is 1. The Labute approximate surface area is 87.6 Å². The molecule has 1 aliphatic heterocycles. The summed E-state index contributed by atoms with van der Waals surface area (Å²) in [5.41, 5.74) is 0.351. The summed E-state index contributed by atoms with van der Waals surface area (Å²) in [7, 11) is 0. The summed E-state index contributed by atoms with van der Waals surface area (Å²) in [5, 5.41) is 12.2. The maximum Gasteiger partial charge on any atom is 0.308 e. The quantitative estimate of drug-likeness (QED) is 0.716. The molecule has 0 amide bonds. The molecule has 1 aromatic rings. The van der Waals surface area contributed by atoms with Crippen LogP contribution < -0.4 is 5.32 Å². The van der Waals surface area contributed by atoms with Gasteiger partial charge in [0.05, 0.1) is 11.6 Å². The van der Waals surface area contributed by atoms with Gasteiger partial charge in [-0.2, -0.15) is 0 Å². The first-order chi connectivity index (χ1) is 7.14. The first-order valence-electron chi connectivity index (χ1n) is 4.84. The standard InChI is InChI=1S/C10H13N3O2/c1-10(8-2-3-11-6-13-8)5-12-4-7(10)9(14)15/h2-3,6-7,12H,4-5H2,1H3,(H,14,15). The minimum absolute atomic E-state index is 0.424. The molecule has 1 saturated heterocycles. The van der Waals surface area contributed by atoms with Crippen LogP contribution in [0.5, 0.6) is 0 Å². The smallest absolute Gasteiger partial charge is 0.308 e. The van der Waals surface area contributed by atoms with Crippen LogP contribution >= 0.6 is 0 Å². The Balaban J connectivity index is 2.37. The highest BCUT2D eigenvalue weighted by atomic mass is 16.4. The molecule has 5 heteroatoms. The van der Waals surface area contributed by atoms with Gasteiger partial charge in [-0.1, -0.05) is 6.92 Å². The van der Waals surface area contributed by atoms with Crippen molar-refractivity contribution in [1.82, 2.24) is 15.3 Å². The van der Waals surface area contributed by atoms with Crippen molar-refractivity contribution in [2.75, 3.05) is 13.1 Å². The van der Waals surface area contributed by atoms with Crippen LogP contribution in [0, 0.1) is 5.92 Å². The van der Waals surface area contributed by atoms with Crippen LogP contribution in [-0.2, 0) is 10.2 Å². The molecule has 0 radical (unpaired) electrons. The van der Waals surface area contributed by atoms with Crippen molar-refractivity contribution < 1.29 is 9.90 Å². The molecule has 2 rings (SSSR count). The van der Waals surface area contributed by atoms with Gasteiger partial charge in [-0.25, -0.2) is 9.97 Å². The lowest BCUT2D eigenvalue weighted by Crippen LogP contribution is -2.37. The van der Waals surface area contributed by atoms with Gasteiger partial charge in [0.25, 0.3) is 0 Å². The zero-order valence-electron chi connectivity index (χ0n) is 8.47. The van der Waals surface area contributed by atoms with E-state index >= 15 is 0 Å². The topological polar surface area (TPSA) is 75.1 Å². The number of hydrogen-bond acceptors (Lipinski definition) is 4. The van der Waals surface area contributed by atoms with Crippen molar-refractivity contribution in [3.8, 4) is 0 Å². The van der Waals surface area contributed by atoms with E-state index in [4.69, 9.17) is 5.11 Å². The third kappa shape index (κ3) is 1.59. The normalized spacial score (nSPS) is 30.3. The number of carbonyl (C=O) groups is 1. The summed E-state index contributed by atoms with van der Waals surface area (Å²) in [6.45, 7) is 3.06. The van der Waals surface area contributed by atoms with Gasteiger partial charge in [0, 0.05) is 24.7 Å². The number of hydrogen-bond donors (Lipinski definition) is 2. The molecular weight excluding hydrogens is 194 g/mol. The Hall–Kier alpha value is -1.49. The van der Waals surface area contributed by atoms with Gasteiger partial charge >= 0.3 is 5.97 Å². The van der Waals surface area contributed by atoms with Crippen molar-refractivity contribution in [1.29, 1.82) is 0 Å².